The van der Waals surface area contributed by atoms with Crippen LogP contribution in [0.25, 0.3) is 0 Å². The Morgan fingerprint density at radius 2 is 2.24 bits per heavy atom. The highest BCUT2D eigenvalue weighted by Crippen LogP contribution is 2.20. The number of sulfonamides is 1. The second-order valence-electron chi connectivity index (χ2n) is 6.71. The lowest BCUT2D eigenvalue weighted by Crippen LogP contribution is -2.25. The van der Waals surface area contributed by atoms with Gasteiger partial charge in [0.2, 0.25) is 15.9 Å². The van der Waals surface area contributed by atoms with Gasteiger partial charge in [-0.2, -0.15) is 0 Å². The summed E-state index contributed by atoms with van der Waals surface area (Å²) in [7, 11) is -0.709. The van der Waals surface area contributed by atoms with E-state index in [-0.39, 0.29) is 28.3 Å². The molecular weight excluding hydrogens is 418 g/mol. The lowest BCUT2D eigenvalue weighted by Gasteiger charge is -2.13. The van der Waals surface area contributed by atoms with Gasteiger partial charge in [0, 0.05) is 26.4 Å². The van der Waals surface area contributed by atoms with Crippen LogP contribution in [0.15, 0.2) is 39.1 Å². The fourth-order valence-electron chi connectivity index (χ4n) is 2.84. The number of aromatic nitrogens is 3. The molecule has 29 heavy (non-hydrogen) atoms. The van der Waals surface area contributed by atoms with E-state index in [9.17, 15) is 18.0 Å². The molecule has 2 aromatic rings. The molecule has 1 amide bonds. The van der Waals surface area contributed by atoms with Crippen LogP contribution in [0.4, 0.5) is 5.69 Å². The Hall–Kier alpha value is -2.15. The summed E-state index contributed by atoms with van der Waals surface area (Å²) in [5.74, 6) is -0.325. The number of aromatic amines is 1. The molecule has 1 fully saturated rings. The molecule has 1 aliphatic heterocycles. The lowest BCUT2D eigenvalue weighted by molar-refractivity contribution is -0.113. The van der Waals surface area contributed by atoms with E-state index < -0.39 is 10.0 Å². The van der Waals surface area contributed by atoms with Crippen LogP contribution in [0.3, 0.4) is 0 Å². The van der Waals surface area contributed by atoms with Crippen molar-refractivity contribution in [3.63, 3.8) is 0 Å². The van der Waals surface area contributed by atoms with Crippen LogP contribution < -0.4 is 11.0 Å². The molecule has 0 saturated carbocycles. The molecule has 12 heteroatoms. The Kier molecular flexibility index (Phi) is 6.77. The zero-order valence-corrected chi connectivity index (χ0v) is 17.8. The van der Waals surface area contributed by atoms with Crippen LogP contribution in [0.2, 0.25) is 0 Å². The quantitative estimate of drug-likeness (QED) is 0.578. The molecule has 10 nitrogen and oxygen atoms in total. The van der Waals surface area contributed by atoms with Crippen LogP contribution in [-0.2, 0) is 26.1 Å². The number of carbonyl (C=O) groups excluding carboxylic acids is 1. The largest absolute Gasteiger partial charge is 0.376 e. The van der Waals surface area contributed by atoms with E-state index in [0.717, 1.165) is 28.9 Å². The molecule has 0 bridgehead atoms. The number of nitrogens with one attached hydrogen (secondary N) is 2. The zero-order chi connectivity index (χ0) is 21.0. The summed E-state index contributed by atoms with van der Waals surface area (Å²) in [6.45, 7) is 1.08. The van der Waals surface area contributed by atoms with E-state index in [1.165, 1.54) is 30.8 Å². The van der Waals surface area contributed by atoms with Gasteiger partial charge < -0.3 is 10.1 Å². The standard InChI is InChI=1S/C17H23N5O5S2/c1-21(2)29(25,26)14-7-3-5-12(9-14)18-15(23)11-28-17-20-19-16(24)22(17)10-13-6-4-8-27-13/h3,5,7,9,13H,4,6,8,10-11H2,1-2H3,(H,18,23)(H,19,24). The van der Waals surface area contributed by atoms with Crippen LogP contribution >= 0.6 is 11.8 Å². The maximum atomic E-state index is 12.3. The number of hydrogen-bond acceptors (Lipinski definition) is 7. The van der Waals surface area contributed by atoms with Crippen LogP contribution in [0, 0.1) is 0 Å². The number of benzene rings is 1. The number of anilines is 1. The second kappa shape index (κ2) is 9.11. The maximum absolute atomic E-state index is 12.3. The number of carbonyl (C=O) groups is 1. The summed E-state index contributed by atoms with van der Waals surface area (Å²) >= 11 is 1.12. The van der Waals surface area contributed by atoms with E-state index in [1.54, 1.807) is 12.1 Å². The van der Waals surface area contributed by atoms with Gasteiger partial charge in [0.1, 0.15) is 0 Å². The van der Waals surface area contributed by atoms with Crippen LogP contribution in [-0.4, -0.2) is 66.0 Å². The van der Waals surface area contributed by atoms with Gasteiger partial charge in [0.05, 0.1) is 23.3 Å². The second-order valence-corrected chi connectivity index (χ2v) is 9.80. The molecule has 1 saturated heterocycles. The van der Waals surface area contributed by atoms with E-state index in [0.29, 0.717) is 24.0 Å². The first-order valence-corrected chi connectivity index (χ1v) is 11.4. The smallest absolute Gasteiger partial charge is 0.344 e. The van der Waals surface area contributed by atoms with E-state index in [1.807, 2.05) is 0 Å². The normalized spacial score (nSPS) is 17.0. The monoisotopic (exact) mass is 441 g/mol. The molecular formula is C17H23N5O5S2. The topological polar surface area (TPSA) is 126 Å². The first kappa shape index (κ1) is 21.6. The van der Waals surface area contributed by atoms with Crippen molar-refractivity contribution < 1.29 is 17.9 Å². The van der Waals surface area contributed by atoms with Crippen LogP contribution in [0.1, 0.15) is 12.8 Å². The molecule has 0 spiro atoms. The summed E-state index contributed by atoms with van der Waals surface area (Å²) in [6.07, 6.45) is 1.82. The minimum atomic E-state index is -3.59. The Balaban J connectivity index is 1.62. The lowest BCUT2D eigenvalue weighted by atomic mass is 10.2. The minimum Gasteiger partial charge on any atom is -0.376 e. The summed E-state index contributed by atoms with van der Waals surface area (Å²) < 4.78 is 32.6. The van der Waals surface area contributed by atoms with Gasteiger partial charge >= 0.3 is 5.69 Å². The van der Waals surface area contributed by atoms with Gasteiger partial charge in [-0.25, -0.2) is 22.6 Å². The Bertz CT molecular complexity index is 1020. The van der Waals surface area contributed by atoms with Crippen molar-refractivity contribution in [2.24, 2.45) is 0 Å². The Labute approximate surface area is 172 Å². The number of thioether (sulfide) groups is 1. The summed E-state index contributed by atoms with van der Waals surface area (Å²) in [5, 5.41) is 9.45. The van der Waals surface area contributed by atoms with Gasteiger partial charge in [0.15, 0.2) is 5.16 Å². The zero-order valence-electron chi connectivity index (χ0n) is 16.1. The SMILES string of the molecule is CN(C)S(=O)(=O)c1cccc(NC(=O)CSc2n[nH]c(=O)n2CC2CCCO2)c1. The summed E-state index contributed by atoms with van der Waals surface area (Å²) in [5.41, 5.74) is 0.0299. The van der Waals surface area contributed by atoms with Crippen molar-refractivity contribution in [2.75, 3.05) is 31.8 Å². The molecule has 1 atom stereocenters. The summed E-state index contributed by atoms with van der Waals surface area (Å²) in [4.78, 5) is 24.4. The number of rotatable bonds is 8. The predicted octanol–water partition coefficient (Wildman–Crippen LogP) is 0.731. The van der Waals surface area contributed by atoms with Crippen molar-refractivity contribution in [2.45, 2.75) is 35.5 Å². The average molecular weight is 442 g/mol. The molecule has 1 aromatic carbocycles. The molecule has 1 unspecified atom stereocenters. The molecule has 3 rings (SSSR count). The fraction of sp³-hybridized carbons (Fsp3) is 0.471. The predicted molar refractivity (Wildman–Crippen MR) is 108 cm³/mol. The van der Waals surface area contributed by atoms with E-state index >= 15 is 0 Å². The van der Waals surface area contributed by atoms with Crippen molar-refractivity contribution in [1.29, 1.82) is 0 Å². The number of amides is 1. The number of ether oxygens (including phenoxy) is 1. The highest BCUT2D eigenvalue weighted by Gasteiger charge is 2.21. The molecule has 0 radical (unpaired) electrons. The van der Waals surface area contributed by atoms with Crippen LogP contribution in [0.5, 0.6) is 0 Å². The van der Waals surface area contributed by atoms with Gasteiger partial charge in [0.25, 0.3) is 0 Å². The minimum absolute atomic E-state index is 0.0144. The first-order chi connectivity index (χ1) is 13.8. The fourth-order valence-corrected chi connectivity index (χ4v) is 4.54. The Morgan fingerprint density at radius 1 is 1.45 bits per heavy atom. The first-order valence-electron chi connectivity index (χ1n) is 8.99. The summed E-state index contributed by atoms with van der Waals surface area (Å²) in [6, 6.07) is 6.04. The van der Waals surface area contributed by atoms with Gasteiger partial charge in [-0.3, -0.25) is 9.36 Å². The molecule has 158 valence electrons. The van der Waals surface area contributed by atoms with E-state index in [2.05, 4.69) is 15.5 Å². The van der Waals surface area contributed by atoms with Crippen molar-refractivity contribution in [3.05, 3.63) is 34.7 Å². The maximum Gasteiger partial charge on any atom is 0.344 e. The van der Waals surface area contributed by atoms with Crippen molar-refractivity contribution in [1.82, 2.24) is 19.1 Å². The number of nitrogens with zero attached hydrogens (tertiary/aromatic N) is 3. The highest BCUT2D eigenvalue weighted by molar-refractivity contribution is 7.99. The van der Waals surface area contributed by atoms with E-state index in [4.69, 9.17) is 4.74 Å². The van der Waals surface area contributed by atoms with Crippen molar-refractivity contribution in [3.8, 4) is 0 Å². The molecule has 2 N–H and O–H groups in total. The van der Waals surface area contributed by atoms with Crippen molar-refractivity contribution >= 4 is 33.4 Å². The molecule has 2 heterocycles. The van der Waals surface area contributed by atoms with Gasteiger partial charge in [-0.05, 0) is 31.0 Å². The average Bonchev–Trinajstić information content (AvgIpc) is 3.31. The van der Waals surface area contributed by atoms with Gasteiger partial charge in [-0.15, -0.1) is 5.10 Å². The number of H-pyrrole nitrogens is 1. The number of hydrogen-bond donors (Lipinski definition) is 2. The third-order valence-corrected chi connectivity index (χ3v) is 7.15. The molecule has 1 aromatic heterocycles. The Morgan fingerprint density at radius 3 is 2.93 bits per heavy atom. The third kappa shape index (κ3) is 5.26. The highest BCUT2D eigenvalue weighted by atomic mass is 32.2. The third-order valence-electron chi connectivity index (χ3n) is 4.36. The molecule has 1 aliphatic rings. The molecule has 0 aliphatic carbocycles. The van der Waals surface area contributed by atoms with Gasteiger partial charge in [-0.1, -0.05) is 17.8 Å².